The molecule has 40 heavy (non-hydrogen) atoms. The average molecular weight is 584 g/mol. The topological polar surface area (TPSA) is 86.8 Å². The van der Waals surface area contributed by atoms with Gasteiger partial charge in [0, 0.05) is 24.0 Å². The van der Waals surface area contributed by atoms with E-state index in [0.717, 1.165) is 28.1 Å². The van der Waals surface area contributed by atoms with E-state index in [1.165, 1.54) is 4.90 Å². The van der Waals surface area contributed by atoms with Crippen LogP contribution in [-0.4, -0.2) is 50.0 Å². The first-order valence-electron chi connectivity index (χ1n) is 13.5. The summed E-state index contributed by atoms with van der Waals surface area (Å²) in [6.07, 6.45) is 2.65. The minimum absolute atomic E-state index is 0.0387. The highest BCUT2D eigenvalue weighted by Crippen LogP contribution is 2.25. The predicted molar refractivity (Wildman–Crippen MR) is 162 cm³/mol. The molecule has 0 saturated carbocycles. The number of anilines is 1. The highest BCUT2D eigenvalue weighted by atomic mass is 35.5. The Kier molecular flexibility index (Phi) is 11.2. The lowest BCUT2D eigenvalue weighted by Gasteiger charge is -2.34. The number of carbonyl (C=O) groups excluding carboxylic acids is 2. The van der Waals surface area contributed by atoms with Crippen LogP contribution in [0, 0.1) is 0 Å². The van der Waals surface area contributed by atoms with E-state index < -0.39 is 28.5 Å². The third kappa shape index (κ3) is 8.32. The third-order valence-electron chi connectivity index (χ3n) is 6.89. The normalized spacial score (nSPS) is 12.8. The van der Waals surface area contributed by atoms with Gasteiger partial charge in [0.2, 0.25) is 21.8 Å². The summed E-state index contributed by atoms with van der Waals surface area (Å²) in [5, 5.41) is 3.48. The Labute approximate surface area is 243 Å². The van der Waals surface area contributed by atoms with Crippen LogP contribution in [-0.2, 0) is 39.0 Å². The highest BCUT2D eigenvalue weighted by molar-refractivity contribution is 7.92. The molecule has 3 aromatic rings. The van der Waals surface area contributed by atoms with Crippen molar-refractivity contribution in [2.45, 2.75) is 58.7 Å². The number of benzene rings is 3. The van der Waals surface area contributed by atoms with Crippen LogP contribution in [0.1, 0.15) is 43.9 Å². The molecule has 2 atom stereocenters. The number of hydrogen-bond acceptors (Lipinski definition) is 4. The summed E-state index contributed by atoms with van der Waals surface area (Å²) in [5.74, 6) is -0.810. The molecule has 2 amide bonds. The lowest BCUT2D eigenvalue weighted by molar-refractivity contribution is -0.140. The van der Waals surface area contributed by atoms with Gasteiger partial charge in [-0.25, -0.2) is 8.42 Å². The quantitative estimate of drug-likeness (QED) is 0.299. The van der Waals surface area contributed by atoms with Gasteiger partial charge < -0.3 is 10.2 Å². The number of aryl methyl sites for hydroxylation is 1. The maximum Gasteiger partial charge on any atom is 0.244 e. The van der Waals surface area contributed by atoms with Gasteiger partial charge in [0.15, 0.2) is 0 Å². The zero-order chi connectivity index (χ0) is 29.3. The Morgan fingerprint density at radius 1 is 0.900 bits per heavy atom. The van der Waals surface area contributed by atoms with Gasteiger partial charge >= 0.3 is 0 Å². The molecule has 7 nitrogen and oxygen atoms in total. The SMILES string of the molecule is CCc1ccccc1N(CC(=O)N(Cc1ccccc1Cl)[C@H](Cc1ccccc1)C(=O)N[C@@H](C)CC)S(C)(=O)=O. The van der Waals surface area contributed by atoms with Crippen LogP contribution in [0.3, 0.4) is 0 Å². The largest absolute Gasteiger partial charge is 0.352 e. The van der Waals surface area contributed by atoms with Crippen molar-refractivity contribution in [3.05, 3.63) is 101 Å². The molecule has 0 unspecified atom stereocenters. The van der Waals surface area contributed by atoms with E-state index in [9.17, 15) is 18.0 Å². The van der Waals surface area contributed by atoms with Gasteiger partial charge in [-0.05, 0) is 48.6 Å². The van der Waals surface area contributed by atoms with Crippen LogP contribution < -0.4 is 9.62 Å². The van der Waals surface area contributed by atoms with Gasteiger partial charge in [-0.15, -0.1) is 0 Å². The van der Waals surface area contributed by atoms with Gasteiger partial charge in [-0.2, -0.15) is 0 Å². The Morgan fingerprint density at radius 2 is 1.50 bits per heavy atom. The summed E-state index contributed by atoms with van der Waals surface area (Å²) in [6.45, 7) is 5.39. The standard InChI is InChI=1S/C31H38ClN3O4S/c1-5-23(3)33-31(37)29(20-24-14-8-7-9-15-24)34(21-26-17-10-12-18-27(26)32)30(36)22-35(40(4,38)39)28-19-13-11-16-25(28)6-2/h7-19,23,29H,5-6,20-22H2,1-4H3,(H,33,37)/t23-,29+/m0/s1. The molecule has 0 saturated heterocycles. The van der Waals surface area contributed by atoms with Crippen molar-refractivity contribution in [3.8, 4) is 0 Å². The van der Waals surface area contributed by atoms with Gasteiger partial charge in [-0.3, -0.25) is 13.9 Å². The van der Waals surface area contributed by atoms with Crippen molar-refractivity contribution in [2.24, 2.45) is 0 Å². The molecule has 0 aliphatic carbocycles. The molecule has 0 fully saturated rings. The van der Waals surface area contributed by atoms with Crippen LogP contribution in [0.5, 0.6) is 0 Å². The number of carbonyl (C=O) groups is 2. The van der Waals surface area contributed by atoms with E-state index in [2.05, 4.69) is 5.32 Å². The number of nitrogens with zero attached hydrogens (tertiary/aromatic N) is 2. The van der Waals surface area contributed by atoms with E-state index >= 15 is 0 Å². The molecule has 0 spiro atoms. The minimum Gasteiger partial charge on any atom is -0.352 e. The number of hydrogen-bond donors (Lipinski definition) is 1. The molecular formula is C31H38ClN3O4S. The molecule has 9 heteroatoms. The molecule has 3 aromatic carbocycles. The van der Waals surface area contributed by atoms with Crippen LogP contribution in [0.4, 0.5) is 5.69 Å². The predicted octanol–water partition coefficient (Wildman–Crippen LogP) is 5.22. The summed E-state index contributed by atoms with van der Waals surface area (Å²) >= 11 is 6.49. The molecule has 0 heterocycles. The van der Waals surface area contributed by atoms with Crippen molar-refractivity contribution < 1.29 is 18.0 Å². The number of sulfonamides is 1. The summed E-state index contributed by atoms with van der Waals surface area (Å²) < 4.78 is 27.1. The fourth-order valence-electron chi connectivity index (χ4n) is 4.45. The Balaban J connectivity index is 2.09. The number of rotatable bonds is 13. The molecule has 0 aliphatic rings. The first-order valence-corrected chi connectivity index (χ1v) is 15.7. The van der Waals surface area contributed by atoms with Crippen molar-refractivity contribution in [1.29, 1.82) is 0 Å². The number of amides is 2. The van der Waals surface area contributed by atoms with Crippen LogP contribution >= 0.6 is 11.6 Å². The second kappa shape index (κ2) is 14.3. The summed E-state index contributed by atoms with van der Waals surface area (Å²) in [5.41, 5.74) is 2.78. The molecular weight excluding hydrogens is 546 g/mol. The molecule has 3 rings (SSSR count). The summed E-state index contributed by atoms with van der Waals surface area (Å²) in [6, 6.07) is 22.7. The van der Waals surface area contributed by atoms with E-state index in [0.29, 0.717) is 22.7 Å². The monoisotopic (exact) mass is 583 g/mol. The first kappa shape index (κ1) is 31.2. The van der Waals surface area contributed by atoms with E-state index in [4.69, 9.17) is 11.6 Å². The number of nitrogens with one attached hydrogen (secondary N) is 1. The van der Waals surface area contributed by atoms with Gasteiger partial charge in [0.1, 0.15) is 12.6 Å². The Hall–Kier alpha value is -3.36. The second-order valence-corrected chi connectivity index (χ2v) is 12.2. The Morgan fingerprint density at radius 3 is 2.10 bits per heavy atom. The van der Waals surface area contributed by atoms with Crippen molar-refractivity contribution in [1.82, 2.24) is 10.2 Å². The molecule has 214 valence electrons. The molecule has 0 bridgehead atoms. The average Bonchev–Trinajstić information content (AvgIpc) is 2.94. The fraction of sp³-hybridized carbons (Fsp3) is 0.355. The highest BCUT2D eigenvalue weighted by Gasteiger charge is 2.34. The second-order valence-electron chi connectivity index (χ2n) is 9.89. The molecule has 0 radical (unpaired) electrons. The van der Waals surface area contributed by atoms with Crippen molar-refractivity contribution in [3.63, 3.8) is 0 Å². The van der Waals surface area contributed by atoms with Crippen LogP contribution in [0.25, 0.3) is 0 Å². The van der Waals surface area contributed by atoms with E-state index in [1.807, 2.05) is 69.3 Å². The maximum absolute atomic E-state index is 14.2. The van der Waals surface area contributed by atoms with E-state index in [1.54, 1.807) is 30.3 Å². The van der Waals surface area contributed by atoms with Gasteiger partial charge in [0.05, 0.1) is 11.9 Å². The van der Waals surface area contributed by atoms with E-state index in [-0.39, 0.29) is 24.9 Å². The third-order valence-corrected chi connectivity index (χ3v) is 8.39. The number of para-hydroxylation sites is 1. The lowest BCUT2D eigenvalue weighted by atomic mass is 10.0. The molecule has 0 aliphatic heterocycles. The van der Waals surface area contributed by atoms with Gasteiger partial charge in [0.25, 0.3) is 0 Å². The van der Waals surface area contributed by atoms with Crippen LogP contribution in [0.15, 0.2) is 78.9 Å². The zero-order valence-electron chi connectivity index (χ0n) is 23.5. The van der Waals surface area contributed by atoms with Crippen molar-refractivity contribution >= 4 is 39.1 Å². The molecule has 1 N–H and O–H groups in total. The van der Waals surface area contributed by atoms with Crippen LogP contribution in [0.2, 0.25) is 5.02 Å². The number of halogens is 1. The lowest BCUT2D eigenvalue weighted by Crippen LogP contribution is -2.54. The Bertz CT molecular complexity index is 1400. The van der Waals surface area contributed by atoms with Gasteiger partial charge in [-0.1, -0.05) is 92.2 Å². The maximum atomic E-state index is 14.2. The smallest absolute Gasteiger partial charge is 0.244 e. The summed E-state index contributed by atoms with van der Waals surface area (Å²) in [7, 11) is -3.83. The zero-order valence-corrected chi connectivity index (χ0v) is 25.1. The first-order chi connectivity index (χ1) is 19.0. The minimum atomic E-state index is -3.83. The van der Waals surface area contributed by atoms with Crippen molar-refractivity contribution in [2.75, 3.05) is 17.1 Å². The molecule has 0 aromatic heterocycles. The fourth-order valence-corrected chi connectivity index (χ4v) is 5.53. The summed E-state index contributed by atoms with van der Waals surface area (Å²) in [4.78, 5) is 29.4.